The number of rotatable bonds is 6. The van der Waals surface area contributed by atoms with Crippen LogP contribution in [-0.4, -0.2) is 0 Å². The Balaban J connectivity index is 2.48. The quantitative estimate of drug-likeness (QED) is 0.646. The molecule has 1 rings (SSSR count). The number of aryl methyl sites for hydroxylation is 1. The van der Waals surface area contributed by atoms with Crippen molar-refractivity contribution in [2.45, 2.75) is 46.5 Å². The molecule has 1 atom stereocenters. The molecule has 0 nitrogen and oxygen atoms in total. The maximum Gasteiger partial charge on any atom is 0.123 e. The fourth-order valence-corrected chi connectivity index (χ4v) is 2.23. The third-order valence-corrected chi connectivity index (χ3v) is 3.30. The Hall–Kier alpha value is -0.850. The molecular formula is C15H23F. The average Bonchev–Trinajstić information content (AvgIpc) is 2.24. The van der Waals surface area contributed by atoms with Gasteiger partial charge in [0.15, 0.2) is 0 Å². The van der Waals surface area contributed by atoms with Crippen molar-refractivity contribution in [1.82, 2.24) is 0 Å². The molecule has 90 valence electrons. The molecule has 0 radical (unpaired) electrons. The van der Waals surface area contributed by atoms with E-state index < -0.39 is 0 Å². The summed E-state index contributed by atoms with van der Waals surface area (Å²) >= 11 is 0. The molecule has 0 saturated heterocycles. The number of benzene rings is 1. The second kappa shape index (κ2) is 6.67. The van der Waals surface area contributed by atoms with Crippen LogP contribution in [0.25, 0.3) is 0 Å². The second-order valence-electron chi connectivity index (χ2n) is 4.96. The molecule has 0 N–H and O–H groups in total. The van der Waals surface area contributed by atoms with Gasteiger partial charge in [-0.05, 0) is 42.4 Å². The third-order valence-electron chi connectivity index (χ3n) is 3.30. The van der Waals surface area contributed by atoms with Gasteiger partial charge in [0.25, 0.3) is 0 Å². The SMILES string of the molecule is CCCC(CCc1cccc(F)c1)C(C)C. The van der Waals surface area contributed by atoms with Crippen LogP contribution in [0.5, 0.6) is 0 Å². The normalized spacial score (nSPS) is 13.1. The molecular weight excluding hydrogens is 199 g/mol. The molecule has 1 unspecified atom stereocenters. The Morgan fingerprint density at radius 2 is 1.94 bits per heavy atom. The van der Waals surface area contributed by atoms with Crippen LogP contribution in [0.2, 0.25) is 0 Å². The van der Waals surface area contributed by atoms with Crippen LogP contribution in [0.4, 0.5) is 4.39 Å². The second-order valence-corrected chi connectivity index (χ2v) is 4.96. The fraction of sp³-hybridized carbons (Fsp3) is 0.600. The van der Waals surface area contributed by atoms with E-state index in [0.29, 0.717) is 0 Å². The van der Waals surface area contributed by atoms with Crippen LogP contribution in [0, 0.1) is 17.7 Å². The zero-order chi connectivity index (χ0) is 12.0. The first-order valence-electron chi connectivity index (χ1n) is 6.38. The zero-order valence-electron chi connectivity index (χ0n) is 10.7. The molecule has 0 spiro atoms. The molecule has 0 amide bonds. The Morgan fingerprint density at radius 1 is 1.19 bits per heavy atom. The highest BCUT2D eigenvalue weighted by Crippen LogP contribution is 2.23. The van der Waals surface area contributed by atoms with E-state index in [4.69, 9.17) is 0 Å². The lowest BCUT2D eigenvalue weighted by atomic mass is 9.86. The Morgan fingerprint density at radius 3 is 2.50 bits per heavy atom. The van der Waals surface area contributed by atoms with Gasteiger partial charge in [0.1, 0.15) is 5.82 Å². The van der Waals surface area contributed by atoms with Crippen LogP contribution < -0.4 is 0 Å². The minimum absolute atomic E-state index is 0.117. The summed E-state index contributed by atoms with van der Waals surface area (Å²) in [5.74, 6) is 1.39. The van der Waals surface area contributed by atoms with E-state index in [1.54, 1.807) is 12.1 Å². The molecule has 1 aromatic carbocycles. The molecule has 0 aromatic heterocycles. The van der Waals surface area contributed by atoms with Gasteiger partial charge in [-0.15, -0.1) is 0 Å². The van der Waals surface area contributed by atoms with Gasteiger partial charge in [-0.1, -0.05) is 45.7 Å². The highest BCUT2D eigenvalue weighted by molar-refractivity contribution is 5.16. The average molecular weight is 222 g/mol. The van der Waals surface area contributed by atoms with Gasteiger partial charge in [0.2, 0.25) is 0 Å². The van der Waals surface area contributed by atoms with Crippen molar-refractivity contribution in [2.75, 3.05) is 0 Å². The van der Waals surface area contributed by atoms with Gasteiger partial charge in [-0.3, -0.25) is 0 Å². The van der Waals surface area contributed by atoms with E-state index in [-0.39, 0.29) is 5.82 Å². The third kappa shape index (κ3) is 4.34. The molecule has 0 saturated carbocycles. The van der Waals surface area contributed by atoms with Gasteiger partial charge in [0, 0.05) is 0 Å². The molecule has 1 heteroatoms. The van der Waals surface area contributed by atoms with Gasteiger partial charge in [-0.2, -0.15) is 0 Å². The first-order valence-corrected chi connectivity index (χ1v) is 6.38. The van der Waals surface area contributed by atoms with Crippen LogP contribution in [0.3, 0.4) is 0 Å². The van der Waals surface area contributed by atoms with E-state index in [0.717, 1.165) is 23.8 Å². The van der Waals surface area contributed by atoms with Crippen molar-refractivity contribution in [3.63, 3.8) is 0 Å². The summed E-state index contributed by atoms with van der Waals surface area (Å²) in [5.41, 5.74) is 1.13. The zero-order valence-corrected chi connectivity index (χ0v) is 10.7. The van der Waals surface area contributed by atoms with Gasteiger partial charge in [-0.25, -0.2) is 4.39 Å². The Kier molecular flexibility index (Phi) is 5.51. The highest BCUT2D eigenvalue weighted by atomic mass is 19.1. The monoisotopic (exact) mass is 222 g/mol. The van der Waals surface area contributed by atoms with Crippen molar-refractivity contribution in [3.8, 4) is 0 Å². The molecule has 16 heavy (non-hydrogen) atoms. The molecule has 0 aliphatic heterocycles. The lowest BCUT2D eigenvalue weighted by Gasteiger charge is -2.20. The highest BCUT2D eigenvalue weighted by Gasteiger charge is 2.12. The van der Waals surface area contributed by atoms with E-state index in [2.05, 4.69) is 20.8 Å². The van der Waals surface area contributed by atoms with Crippen molar-refractivity contribution in [1.29, 1.82) is 0 Å². The number of hydrogen-bond donors (Lipinski definition) is 0. The van der Waals surface area contributed by atoms with E-state index >= 15 is 0 Å². The summed E-state index contributed by atoms with van der Waals surface area (Å²) in [6.07, 6.45) is 4.70. The van der Waals surface area contributed by atoms with Gasteiger partial charge < -0.3 is 0 Å². The minimum Gasteiger partial charge on any atom is -0.207 e. The van der Waals surface area contributed by atoms with Gasteiger partial charge >= 0.3 is 0 Å². The van der Waals surface area contributed by atoms with E-state index in [1.807, 2.05) is 6.07 Å². The first kappa shape index (κ1) is 13.2. The maximum atomic E-state index is 13.0. The Bertz CT molecular complexity index is 304. The van der Waals surface area contributed by atoms with Crippen molar-refractivity contribution >= 4 is 0 Å². The minimum atomic E-state index is -0.117. The lowest BCUT2D eigenvalue weighted by Crippen LogP contribution is -2.09. The largest absolute Gasteiger partial charge is 0.207 e. The van der Waals surface area contributed by atoms with Crippen LogP contribution >= 0.6 is 0 Å². The molecule has 1 aromatic rings. The van der Waals surface area contributed by atoms with Crippen LogP contribution in [-0.2, 0) is 6.42 Å². The number of halogens is 1. The predicted molar refractivity (Wildman–Crippen MR) is 68.0 cm³/mol. The van der Waals surface area contributed by atoms with Crippen molar-refractivity contribution in [2.24, 2.45) is 11.8 Å². The molecule has 0 heterocycles. The number of hydrogen-bond acceptors (Lipinski definition) is 0. The molecule has 0 aliphatic rings. The van der Waals surface area contributed by atoms with E-state index in [9.17, 15) is 4.39 Å². The summed E-state index contributed by atoms with van der Waals surface area (Å²) < 4.78 is 13.0. The topological polar surface area (TPSA) is 0 Å². The summed E-state index contributed by atoms with van der Waals surface area (Å²) in [6, 6.07) is 6.99. The Labute approximate surface area is 98.9 Å². The lowest BCUT2D eigenvalue weighted by molar-refractivity contribution is 0.334. The molecule has 0 bridgehead atoms. The molecule has 0 aliphatic carbocycles. The maximum absolute atomic E-state index is 13.0. The van der Waals surface area contributed by atoms with Crippen molar-refractivity contribution < 1.29 is 4.39 Å². The molecule has 0 fully saturated rings. The summed E-state index contributed by atoms with van der Waals surface area (Å²) in [4.78, 5) is 0. The van der Waals surface area contributed by atoms with Crippen LogP contribution in [0.1, 0.15) is 45.6 Å². The van der Waals surface area contributed by atoms with Gasteiger partial charge in [0.05, 0.1) is 0 Å². The van der Waals surface area contributed by atoms with Crippen molar-refractivity contribution in [3.05, 3.63) is 35.6 Å². The van der Waals surface area contributed by atoms with Crippen LogP contribution in [0.15, 0.2) is 24.3 Å². The summed E-state index contributed by atoms with van der Waals surface area (Å²) in [6.45, 7) is 6.80. The standard InChI is InChI=1S/C15H23F/c1-4-6-14(12(2)3)10-9-13-7-5-8-15(16)11-13/h5,7-8,11-12,14H,4,6,9-10H2,1-3H3. The van der Waals surface area contributed by atoms with E-state index in [1.165, 1.54) is 25.3 Å². The smallest absolute Gasteiger partial charge is 0.123 e. The predicted octanol–water partition coefficient (Wildman–Crippen LogP) is 4.83. The summed E-state index contributed by atoms with van der Waals surface area (Å²) in [5, 5.41) is 0. The first-order chi connectivity index (χ1) is 7.63. The fourth-order valence-electron chi connectivity index (χ4n) is 2.23. The summed E-state index contributed by atoms with van der Waals surface area (Å²) in [7, 11) is 0.